The first-order valence-corrected chi connectivity index (χ1v) is 17.5. The van der Waals surface area contributed by atoms with Gasteiger partial charge in [0, 0.05) is 19.3 Å². The van der Waals surface area contributed by atoms with Gasteiger partial charge in [0.2, 0.25) is 11.8 Å². The molecule has 52 heavy (non-hydrogen) atoms. The van der Waals surface area contributed by atoms with E-state index in [0.717, 1.165) is 11.1 Å². The smallest absolute Gasteiger partial charge is 0.408 e. The lowest BCUT2D eigenvalue weighted by atomic mass is 9.95. The highest BCUT2D eigenvalue weighted by atomic mass is 16.6. The number of benzene rings is 2. The van der Waals surface area contributed by atoms with Crippen molar-refractivity contribution in [2.75, 3.05) is 31.6 Å². The fourth-order valence-corrected chi connectivity index (χ4v) is 5.61. The van der Waals surface area contributed by atoms with E-state index in [1.165, 1.54) is 20.2 Å². The third kappa shape index (κ3) is 11.4. The number of carbonyl (C=O) groups is 5. The Hall–Kier alpha value is -5.24. The van der Waals surface area contributed by atoms with Crippen LogP contribution in [0.4, 0.5) is 10.6 Å². The molecule has 1 aliphatic heterocycles. The maximum atomic E-state index is 14.0. The number of imidazole rings is 1. The van der Waals surface area contributed by atoms with E-state index in [2.05, 4.69) is 20.9 Å². The van der Waals surface area contributed by atoms with Gasteiger partial charge in [-0.15, -0.1) is 0 Å². The number of hydrogen-bond acceptors (Lipinski definition) is 9. The van der Waals surface area contributed by atoms with Gasteiger partial charge in [0.25, 0.3) is 5.91 Å². The Bertz CT molecular complexity index is 1660. The van der Waals surface area contributed by atoms with Crippen LogP contribution in [0.5, 0.6) is 0 Å². The molecule has 1 saturated heterocycles. The molecule has 3 N–H and O–H groups in total. The van der Waals surface area contributed by atoms with E-state index in [-0.39, 0.29) is 36.8 Å². The Kier molecular flexibility index (Phi) is 13.5. The molecule has 1 aliphatic rings. The number of carbonyl (C=O) groups excluding carboxylic acids is 5. The third-order valence-electron chi connectivity index (χ3n) is 8.33. The van der Waals surface area contributed by atoms with Gasteiger partial charge in [-0.3, -0.25) is 19.2 Å². The molecule has 3 aromatic rings. The molecular weight excluding hydrogens is 668 g/mol. The lowest BCUT2D eigenvalue weighted by Crippen LogP contribution is -2.59. The third-order valence-corrected chi connectivity index (χ3v) is 8.33. The van der Waals surface area contributed by atoms with Crippen LogP contribution in [-0.4, -0.2) is 87.7 Å². The fourth-order valence-electron chi connectivity index (χ4n) is 5.61. The molecule has 0 spiro atoms. The zero-order valence-electron chi connectivity index (χ0n) is 30.7. The van der Waals surface area contributed by atoms with Crippen molar-refractivity contribution in [1.29, 1.82) is 0 Å². The summed E-state index contributed by atoms with van der Waals surface area (Å²) in [5, 5.41) is 7.98. The number of ether oxygens (including phenoxy) is 3. The number of piperidine rings is 1. The largest absolute Gasteiger partial charge is 0.466 e. The number of likely N-dealkylation sites (tertiary alicyclic amines) is 1. The molecule has 14 nitrogen and oxygen atoms in total. The van der Waals surface area contributed by atoms with Gasteiger partial charge in [-0.1, -0.05) is 60.7 Å². The quantitative estimate of drug-likeness (QED) is 0.207. The highest BCUT2D eigenvalue weighted by Crippen LogP contribution is 2.26. The van der Waals surface area contributed by atoms with Crippen molar-refractivity contribution in [2.24, 2.45) is 5.92 Å². The minimum atomic E-state index is -1.45. The predicted molar refractivity (Wildman–Crippen MR) is 193 cm³/mol. The summed E-state index contributed by atoms with van der Waals surface area (Å²) in [6.07, 6.45) is 3.23. The zero-order valence-corrected chi connectivity index (χ0v) is 30.7. The Balaban J connectivity index is 1.50. The molecule has 4 amide bonds. The Labute approximate surface area is 304 Å². The standard InChI is InChI=1S/C38H50N6O8/c1-7-51-34(47)28-18-20-43(21-19-28)33(46)31(27-16-12-9-13-17-27)44-22-30(39-25-44)41-32(45)29(24-50-23-26-14-10-8-11-15-26)40-35(48)38(5,6)42-36(49)52-37(2,3)4/h8-17,22,25,28-29,31H,7,18-21,23-24H2,1-6H3,(H,40,48)(H,41,45)(H,42,49). The zero-order chi connectivity index (χ0) is 37.9. The van der Waals surface area contributed by atoms with Crippen LogP contribution < -0.4 is 16.0 Å². The van der Waals surface area contributed by atoms with Crippen molar-refractivity contribution in [2.45, 2.75) is 84.2 Å². The number of nitrogens with one attached hydrogen (secondary N) is 3. The first kappa shape index (κ1) is 39.5. The fraction of sp³-hybridized carbons (Fsp3) is 0.474. The summed E-state index contributed by atoms with van der Waals surface area (Å²) in [6.45, 7) is 11.0. The molecule has 14 heteroatoms. The SMILES string of the molecule is CCOC(=O)C1CCN(C(=O)C(c2ccccc2)n2cnc(NC(=O)C(COCc3ccccc3)NC(=O)C(C)(C)NC(=O)OC(C)(C)C)c2)CC1. The number of anilines is 1. The van der Waals surface area contributed by atoms with Crippen LogP contribution in [0.3, 0.4) is 0 Å². The van der Waals surface area contributed by atoms with Gasteiger partial charge >= 0.3 is 12.1 Å². The van der Waals surface area contributed by atoms with Crippen LogP contribution in [0.25, 0.3) is 0 Å². The topological polar surface area (TPSA) is 170 Å². The van der Waals surface area contributed by atoms with E-state index < -0.39 is 41.1 Å². The number of alkyl carbamates (subject to hydrolysis) is 1. The summed E-state index contributed by atoms with van der Waals surface area (Å²) in [5.41, 5.74) is -0.635. The second-order valence-electron chi connectivity index (χ2n) is 14.1. The number of hydrogen-bond donors (Lipinski definition) is 3. The number of aromatic nitrogens is 2. The lowest BCUT2D eigenvalue weighted by molar-refractivity contribution is -0.151. The highest BCUT2D eigenvalue weighted by Gasteiger charge is 2.36. The van der Waals surface area contributed by atoms with Crippen molar-refractivity contribution >= 4 is 35.6 Å². The van der Waals surface area contributed by atoms with Crippen molar-refractivity contribution in [3.8, 4) is 0 Å². The van der Waals surface area contributed by atoms with Gasteiger partial charge < -0.3 is 39.6 Å². The van der Waals surface area contributed by atoms with Crippen molar-refractivity contribution in [3.05, 3.63) is 84.3 Å². The van der Waals surface area contributed by atoms with Crippen molar-refractivity contribution in [3.63, 3.8) is 0 Å². The molecule has 2 heterocycles. The molecule has 280 valence electrons. The van der Waals surface area contributed by atoms with Gasteiger partial charge in [0.1, 0.15) is 23.2 Å². The van der Waals surface area contributed by atoms with E-state index in [0.29, 0.717) is 32.5 Å². The first-order valence-electron chi connectivity index (χ1n) is 17.5. The van der Waals surface area contributed by atoms with Crippen LogP contribution in [0.15, 0.2) is 73.2 Å². The van der Waals surface area contributed by atoms with Crippen molar-refractivity contribution < 1.29 is 38.2 Å². The minimum absolute atomic E-state index is 0.146. The number of esters is 1. The normalized spacial score (nSPS) is 14.8. The average molecular weight is 719 g/mol. The molecule has 2 aromatic carbocycles. The molecule has 0 saturated carbocycles. The second-order valence-corrected chi connectivity index (χ2v) is 14.1. The molecule has 0 aliphatic carbocycles. The van der Waals surface area contributed by atoms with Crippen molar-refractivity contribution in [1.82, 2.24) is 25.1 Å². The molecule has 4 rings (SSSR count). The summed E-state index contributed by atoms with van der Waals surface area (Å²) in [6, 6.07) is 16.6. The van der Waals surface area contributed by atoms with E-state index in [1.807, 2.05) is 60.7 Å². The maximum absolute atomic E-state index is 14.0. The first-order chi connectivity index (χ1) is 24.7. The molecule has 0 radical (unpaired) electrons. The van der Waals surface area contributed by atoms with E-state index in [9.17, 15) is 24.0 Å². The van der Waals surface area contributed by atoms with Gasteiger partial charge in [0.15, 0.2) is 5.82 Å². The van der Waals surface area contributed by atoms with Gasteiger partial charge in [-0.2, -0.15) is 0 Å². The lowest BCUT2D eigenvalue weighted by Gasteiger charge is -2.33. The maximum Gasteiger partial charge on any atom is 0.408 e. The summed E-state index contributed by atoms with van der Waals surface area (Å²) in [5.74, 6) is -1.79. The molecule has 1 aromatic heterocycles. The summed E-state index contributed by atoms with van der Waals surface area (Å²) < 4.78 is 18.0. The minimum Gasteiger partial charge on any atom is -0.466 e. The Morgan fingerprint density at radius 2 is 1.56 bits per heavy atom. The van der Waals surface area contributed by atoms with Crippen LogP contribution >= 0.6 is 0 Å². The summed E-state index contributed by atoms with van der Waals surface area (Å²) >= 11 is 0. The summed E-state index contributed by atoms with van der Waals surface area (Å²) in [4.78, 5) is 72.0. The number of rotatable bonds is 14. The van der Waals surface area contributed by atoms with Crippen LogP contribution in [-0.2, 0) is 40.0 Å². The van der Waals surface area contributed by atoms with E-state index in [4.69, 9.17) is 14.2 Å². The number of amides is 4. The van der Waals surface area contributed by atoms with Crippen LogP contribution in [0.2, 0.25) is 0 Å². The van der Waals surface area contributed by atoms with Gasteiger partial charge in [-0.25, -0.2) is 9.78 Å². The second kappa shape index (κ2) is 17.8. The van der Waals surface area contributed by atoms with Gasteiger partial charge in [-0.05, 0) is 65.5 Å². The van der Waals surface area contributed by atoms with E-state index in [1.54, 1.807) is 43.4 Å². The molecule has 1 fully saturated rings. The molecule has 0 bridgehead atoms. The van der Waals surface area contributed by atoms with Crippen LogP contribution in [0, 0.1) is 5.92 Å². The molecule has 2 atom stereocenters. The van der Waals surface area contributed by atoms with E-state index >= 15 is 0 Å². The average Bonchev–Trinajstić information content (AvgIpc) is 3.55. The Morgan fingerprint density at radius 3 is 2.17 bits per heavy atom. The monoisotopic (exact) mass is 718 g/mol. The summed E-state index contributed by atoms with van der Waals surface area (Å²) in [7, 11) is 0. The Morgan fingerprint density at radius 1 is 0.923 bits per heavy atom. The van der Waals surface area contributed by atoms with Crippen LogP contribution in [0.1, 0.15) is 71.6 Å². The number of nitrogens with zero attached hydrogens (tertiary/aromatic N) is 3. The molecular formula is C38H50N6O8. The highest BCUT2D eigenvalue weighted by molar-refractivity contribution is 5.98. The predicted octanol–water partition coefficient (Wildman–Crippen LogP) is 4.22. The molecule has 2 unspecified atom stereocenters. The van der Waals surface area contributed by atoms with Gasteiger partial charge in [0.05, 0.1) is 32.1 Å².